The number of nitrogens with zero attached hydrogens (tertiary/aromatic N) is 1. The molecule has 1 aromatic carbocycles. The van der Waals surface area contributed by atoms with E-state index in [4.69, 9.17) is 0 Å². The molecule has 0 spiro atoms. The zero-order valence-corrected chi connectivity index (χ0v) is 12.8. The highest BCUT2D eigenvalue weighted by Gasteiger charge is 2.23. The van der Waals surface area contributed by atoms with Crippen molar-refractivity contribution < 1.29 is 9.90 Å². The van der Waals surface area contributed by atoms with Crippen LogP contribution in [-0.2, 0) is 12.8 Å². The number of hydrogen-bond donors (Lipinski definition) is 1. The fourth-order valence-corrected chi connectivity index (χ4v) is 2.74. The molecule has 0 aromatic heterocycles. The summed E-state index contributed by atoms with van der Waals surface area (Å²) in [5, 5.41) is 10.2. The SMILES string of the molecule is CCC(C)(O)CN1CCc2ccc(C(C)=O)cc2CC1. The summed E-state index contributed by atoms with van der Waals surface area (Å²) in [7, 11) is 0. The number of Topliss-reactive ketones (excluding diaryl/α,β-unsaturated/α-hetero) is 1. The van der Waals surface area contributed by atoms with Gasteiger partial charge in [-0.15, -0.1) is 0 Å². The van der Waals surface area contributed by atoms with E-state index in [0.29, 0.717) is 0 Å². The third-order valence-electron chi connectivity index (χ3n) is 4.33. The quantitative estimate of drug-likeness (QED) is 0.858. The summed E-state index contributed by atoms with van der Waals surface area (Å²) in [5.74, 6) is 0.128. The Morgan fingerprint density at radius 3 is 2.55 bits per heavy atom. The summed E-state index contributed by atoms with van der Waals surface area (Å²) < 4.78 is 0. The van der Waals surface area contributed by atoms with Crippen LogP contribution in [0.4, 0.5) is 0 Å². The van der Waals surface area contributed by atoms with E-state index in [9.17, 15) is 9.90 Å². The van der Waals surface area contributed by atoms with Crippen molar-refractivity contribution in [1.29, 1.82) is 0 Å². The lowest BCUT2D eigenvalue weighted by atomic mass is 9.99. The first-order chi connectivity index (χ1) is 9.41. The Kier molecular flexibility index (Phi) is 4.61. The number of β-amino-alcohol motifs (C(OH)–C–C–N with tert-alkyl or cyclic N) is 1. The van der Waals surface area contributed by atoms with Crippen LogP contribution >= 0.6 is 0 Å². The summed E-state index contributed by atoms with van der Waals surface area (Å²) in [6.07, 6.45) is 2.72. The van der Waals surface area contributed by atoms with Crippen LogP contribution in [0.15, 0.2) is 18.2 Å². The number of fused-ring (bicyclic) bond motifs is 1. The maximum absolute atomic E-state index is 11.5. The Hall–Kier alpha value is -1.19. The monoisotopic (exact) mass is 275 g/mol. The molecular weight excluding hydrogens is 250 g/mol. The number of carbonyl (C=O) groups excluding carboxylic acids is 1. The lowest BCUT2D eigenvalue weighted by Crippen LogP contribution is -2.41. The zero-order chi connectivity index (χ0) is 14.8. The number of ketones is 1. The van der Waals surface area contributed by atoms with Gasteiger partial charge in [0.25, 0.3) is 0 Å². The maximum Gasteiger partial charge on any atom is 0.159 e. The van der Waals surface area contributed by atoms with E-state index in [2.05, 4.69) is 11.0 Å². The van der Waals surface area contributed by atoms with Crippen molar-refractivity contribution in [2.75, 3.05) is 19.6 Å². The lowest BCUT2D eigenvalue weighted by Gasteiger charge is -2.29. The Morgan fingerprint density at radius 1 is 1.30 bits per heavy atom. The van der Waals surface area contributed by atoms with Crippen LogP contribution in [-0.4, -0.2) is 41.0 Å². The van der Waals surface area contributed by atoms with Gasteiger partial charge in [0.2, 0.25) is 0 Å². The van der Waals surface area contributed by atoms with E-state index in [1.54, 1.807) is 6.92 Å². The van der Waals surface area contributed by atoms with Gasteiger partial charge in [-0.1, -0.05) is 19.1 Å². The van der Waals surface area contributed by atoms with Crippen LogP contribution in [0.2, 0.25) is 0 Å². The smallest absolute Gasteiger partial charge is 0.159 e. The van der Waals surface area contributed by atoms with Gasteiger partial charge in [0, 0.05) is 25.2 Å². The first-order valence-corrected chi connectivity index (χ1v) is 7.49. The standard InChI is InChI=1S/C17H25NO2/c1-4-17(3,20)12-18-9-7-14-5-6-15(13(2)19)11-16(14)8-10-18/h5-6,11,20H,4,7-10,12H2,1-3H3. The highest BCUT2D eigenvalue weighted by atomic mass is 16.3. The van der Waals surface area contributed by atoms with Crippen molar-refractivity contribution in [3.63, 3.8) is 0 Å². The molecule has 0 bridgehead atoms. The van der Waals surface area contributed by atoms with Gasteiger partial charge in [-0.2, -0.15) is 0 Å². The molecule has 20 heavy (non-hydrogen) atoms. The predicted octanol–water partition coefficient (Wildman–Crippen LogP) is 2.45. The molecule has 0 aliphatic carbocycles. The normalized spacial score (nSPS) is 19.0. The first-order valence-electron chi connectivity index (χ1n) is 7.49. The number of hydrogen-bond acceptors (Lipinski definition) is 3. The molecule has 1 atom stereocenters. The minimum absolute atomic E-state index is 0.128. The summed E-state index contributed by atoms with van der Waals surface area (Å²) in [6.45, 7) is 8.18. The summed E-state index contributed by atoms with van der Waals surface area (Å²) >= 11 is 0. The Balaban J connectivity index is 2.09. The molecule has 1 unspecified atom stereocenters. The molecule has 1 heterocycles. The molecule has 2 rings (SSSR count). The van der Waals surface area contributed by atoms with Crippen LogP contribution in [0.3, 0.4) is 0 Å². The number of rotatable bonds is 4. The van der Waals surface area contributed by atoms with Gasteiger partial charge in [-0.05, 0) is 50.3 Å². The zero-order valence-electron chi connectivity index (χ0n) is 12.8. The van der Waals surface area contributed by atoms with Gasteiger partial charge in [-0.3, -0.25) is 9.69 Å². The molecule has 110 valence electrons. The Labute approximate surface area is 121 Å². The van der Waals surface area contributed by atoms with E-state index in [1.807, 2.05) is 26.0 Å². The fraction of sp³-hybridized carbons (Fsp3) is 0.588. The van der Waals surface area contributed by atoms with Crippen molar-refractivity contribution in [3.8, 4) is 0 Å². The van der Waals surface area contributed by atoms with Gasteiger partial charge in [-0.25, -0.2) is 0 Å². The van der Waals surface area contributed by atoms with E-state index in [1.165, 1.54) is 11.1 Å². The van der Waals surface area contributed by atoms with E-state index in [-0.39, 0.29) is 5.78 Å². The summed E-state index contributed by atoms with van der Waals surface area (Å²) in [5.41, 5.74) is 2.82. The van der Waals surface area contributed by atoms with Crippen molar-refractivity contribution in [2.45, 2.75) is 45.6 Å². The molecule has 0 saturated carbocycles. The first kappa shape index (κ1) is 15.2. The van der Waals surface area contributed by atoms with Crippen molar-refractivity contribution in [2.24, 2.45) is 0 Å². The third-order valence-corrected chi connectivity index (χ3v) is 4.33. The second kappa shape index (κ2) is 6.06. The topological polar surface area (TPSA) is 40.5 Å². The number of aliphatic hydroxyl groups is 1. The number of benzene rings is 1. The van der Waals surface area contributed by atoms with E-state index < -0.39 is 5.60 Å². The highest BCUT2D eigenvalue weighted by Crippen LogP contribution is 2.20. The molecule has 1 aliphatic rings. The van der Waals surface area contributed by atoms with Crippen LogP contribution in [0.5, 0.6) is 0 Å². The van der Waals surface area contributed by atoms with Gasteiger partial charge < -0.3 is 5.11 Å². The minimum atomic E-state index is -0.610. The van der Waals surface area contributed by atoms with Gasteiger partial charge in [0.15, 0.2) is 5.78 Å². The Bertz CT molecular complexity index is 494. The van der Waals surface area contributed by atoms with Crippen LogP contribution in [0, 0.1) is 0 Å². The molecule has 3 heteroatoms. The van der Waals surface area contributed by atoms with Crippen LogP contribution in [0.1, 0.15) is 48.7 Å². The molecule has 0 saturated heterocycles. The number of carbonyl (C=O) groups is 1. The van der Waals surface area contributed by atoms with Crippen molar-refractivity contribution in [3.05, 3.63) is 34.9 Å². The second-order valence-electron chi connectivity index (χ2n) is 6.17. The van der Waals surface area contributed by atoms with E-state index >= 15 is 0 Å². The molecule has 0 fully saturated rings. The minimum Gasteiger partial charge on any atom is -0.389 e. The van der Waals surface area contributed by atoms with Gasteiger partial charge in [0.05, 0.1) is 5.60 Å². The summed E-state index contributed by atoms with van der Waals surface area (Å²) in [4.78, 5) is 13.8. The van der Waals surface area contributed by atoms with Crippen molar-refractivity contribution >= 4 is 5.78 Å². The molecule has 1 N–H and O–H groups in total. The molecule has 0 amide bonds. The third kappa shape index (κ3) is 3.68. The summed E-state index contributed by atoms with van der Waals surface area (Å²) in [6, 6.07) is 6.06. The maximum atomic E-state index is 11.5. The molecule has 1 aromatic rings. The largest absolute Gasteiger partial charge is 0.389 e. The predicted molar refractivity (Wildman–Crippen MR) is 81.2 cm³/mol. The highest BCUT2D eigenvalue weighted by molar-refractivity contribution is 5.94. The van der Waals surface area contributed by atoms with Crippen LogP contribution < -0.4 is 0 Å². The van der Waals surface area contributed by atoms with Gasteiger partial charge in [0.1, 0.15) is 0 Å². The van der Waals surface area contributed by atoms with Crippen molar-refractivity contribution in [1.82, 2.24) is 4.90 Å². The average molecular weight is 275 g/mol. The molecule has 3 nitrogen and oxygen atoms in total. The van der Waals surface area contributed by atoms with Gasteiger partial charge >= 0.3 is 0 Å². The van der Waals surface area contributed by atoms with E-state index in [0.717, 1.165) is 44.5 Å². The average Bonchev–Trinajstić information content (AvgIpc) is 2.60. The second-order valence-corrected chi connectivity index (χ2v) is 6.17. The molecule has 0 radical (unpaired) electrons. The fourth-order valence-electron chi connectivity index (χ4n) is 2.74. The Morgan fingerprint density at radius 2 is 1.95 bits per heavy atom. The lowest BCUT2D eigenvalue weighted by molar-refractivity contribution is 0.0176. The van der Waals surface area contributed by atoms with Crippen LogP contribution in [0.25, 0.3) is 0 Å². The molecular formula is C17H25NO2. The molecule has 1 aliphatic heterocycles.